The summed E-state index contributed by atoms with van der Waals surface area (Å²) in [5.41, 5.74) is 5.73. The number of nitrogens with zero attached hydrogens (tertiary/aromatic N) is 2. The van der Waals surface area contributed by atoms with Crippen molar-refractivity contribution >= 4 is 10.9 Å². The molecule has 102 valence electrons. The summed E-state index contributed by atoms with van der Waals surface area (Å²) in [7, 11) is 0. The van der Waals surface area contributed by atoms with Crippen LogP contribution in [0.5, 0.6) is 0 Å². The van der Waals surface area contributed by atoms with Gasteiger partial charge >= 0.3 is 0 Å². The van der Waals surface area contributed by atoms with E-state index in [-0.39, 0.29) is 0 Å². The highest BCUT2D eigenvalue weighted by Crippen LogP contribution is 2.18. The van der Waals surface area contributed by atoms with Crippen LogP contribution in [0, 0.1) is 13.8 Å². The number of hydrogen-bond donors (Lipinski definition) is 2. The van der Waals surface area contributed by atoms with Gasteiger partial charge < -0.3 is 5.32 Å². The number of aryl methyl sites for hydroxylation is 2. The molecule has 0 atom stereocenters. The van der Waals surface area contributed by atoms with E-state index in [4.69, 9.17) is 0 Å². The smallest absolute Gasteiger partial charge is 0.0708 e. The van der Waals surface area contributed by atoms with E-state index in [9.17, 15) is 0 Å². The number of hydrogen-bond acceptors (Lipinski definition) is 3. The predicted molar refractivity (Wildman–Crippen MR) is 80.3 cm³/mol. The molecule has 0 unspecified atom stereocenters. The Kier molecular flexibility index (Phi) is 3.48. The fraction of sp³-hybridized carbons (Fsp3) is 0.250. The van der Waals surface area contributed by atoms with Crippen molar-refractivity contribution in [3.8, 4) is 0 Å². The Bertz CT molecular complexity index is 730. The van der Waals surface area contributed by atoms with E-state index in [0.717, 1.165) is 30.0 Å². The van der Waals surface area contributed by atoms with Crippen molar-refractivity contribution in [3.05, 3.63) is 59.0 Å². The molecule has 1 aromatic carbocycles. The fourth-order valence-electron chi connectivity index (χ4n) is 2.43. The molecule has 0 amide bonds. The summed E-state index contributed by atoms with van der Waals surface area (Å²) < 4.78 is 0. The number of aromatic nitrogens is 3. The lowest BCUT2D eigenvalue weighted by atomic mass is 10.1. The molecule has 0 radical (unpaired) electrons. The molecule has 20 heavy (non-hydrogen) atoms. The van der Waals surface area contributed by atoms with Crippen LogP contribution in [0.1, 0.15) is 22.5 Å². The molecule has 0 saturated heterocycles. The number of benzene rings is 1. The number of aromatic amines is 1. The van der Waals surface area contributed by atoms with Gasteiger partial charge in [-0.3, -0.25) is 10.1 Å². The summed E-state index contributed by atoms with van der Waals surface area (Å²) in [5.74, 6) is 0. The van der Waals surface area contributed by atoms with Crippen LogP contribution in [0.15, 0.2) is 36.5 Å². The standard InChI is InChI=1S/C16H18N4/c1-11-7-13(15-5-3-4-6-16(15)19-11)8-17-9-14-10-18-20-12(14)2/h3-7,10,17H,8-9H2,1-2H3,(H,18,20). The highest BCUT2D eigenvalue weighted by atomic mass is 15.1. The SMILES string of the molecule is Cc1cc(CNCc2cn[nH]c2C)c2ccccc2n1. The van der Waals surface area contributed by atoms with Crippen molar-refractivity contribution in [3.63, 3.8) is 0 Å². The number of rotatable bonds is 4. The average molecular weight is 266 g/mol. The average Bonchev–Trinajstić information content (AvgIpc) is 2.84. The summed E-state index contributed by atoms with van der Waals surface area (Å²) in [5, 5.41) is 11.7. The Morgan fingerprint density at radius 3 is 2.70 bits per heavy atom. The van der Waals surface area contributed by atoms with Gasteiger partial charge in [-0.15, -0.1) is 0 Å². The lowest BCUT2D eigenvalue weighted by molar-refractivity contribution is 0.693. The number of fused-ring (bicyclic) bond motifs is 1. The van der Waals surface area contributed by atoms with Gasteiger partial charge in [-0.05, 0) is 31.5 Å². The molecular formula is C16H18N4. The monoisotopic (exact) mass is 266 g/mol. The minimum Gasteiger partial charge on any atom is -0.308 e. The Labute approximate surface area is 118 Å². The highest BCUT2D eigenvalue weighted by Gasteiger charge is 2.04. The summed E-state index contributed by atoms with van der Waals surface area (Å²) in [4.78, 5) is 4.57. The van der Waals surface area contributed by atoms with Crippen LogP contribution in [-0.4, -0.2) is 15.2 Å². The van der Waals surface area contributed by atoms with Gasteiger partial charge in [0.2, 0.25) is 0 Å². The molecule has 4 heteroatoms. The molecule has 0 spiro atoms. The Morgan fingerprint density at radius 2 is 1.90 bits per heavy atom. The molecule has 0 bridgehead atoms. The maximum absolute atomic E-state index is 4.57. The summed E-state index contributed by atoms with van der Waals surface area (Å²) in [6, 6.07) is 10.4. The predicted octanol–water partition coefficient (Wildman–Crippen LogP) is 2.86. The second-order valence-corrected chi connectivity index (χ2v) is 5.06. The molecule has 0 aliphatic carbocycles. The van der Waals surface area contributed by atoms with Crippen molar-refractivity contribution in [1.82, 2.24) is 20.5 Å². The van der Waals surface area contributed by atoms with Gasteiger partial charge in [0.25, 0.3) is 0 Å². The molecule has 4 nitrogen and oxygen atoms in total. The summed E-state index contributed by atoms with van der Waals surface area (Å²) in [6.07, 6.45) is 1.87. The first-order valence-electron chi connectivity index (χ1n) is 6.79. The van der Waals surface area contributed by atoms with Gasteiger partial charge in [0.05, 0.1) is 11.7 Å². The van der Waals surface area contributed by atoms with E-state index in [2.05, 4.69) is 44.8 Å². The van der Waals surface area contributed by atoms with Crippen LogP contribution in [0.2, 0.25) is 0 Å². The zero-order valence-corrected chi connectivity index (χ0v) is 11.8. The van der Waals surface area contributed by atoms with Crippen LogP contribution in [-0.2, 0) is 13.1 Å². The van der Waals surface area contributed by atoms with Crippen molar-refractivity contribution in [2.75, 3.05) is 0 Å². The molecule has 0 aliphatic rings. The maximum atomic E-state index is 4.57. The Balaban J connectivity index is 1.79. The lowest BCUT2D eigenvalue weighted by Gasteiger charge is -2.09. The van der Waals surface area contributed by atoms with Gasteiger partial charge in [-0.25, -0.2) is 0 Å². The second kappa shape index (κ2) is 5.43. The van der Waals surface area contributed by atoms with Crippen molar-refractivity contribution in [1.29, 1.82) is 0 Å². The highest BCUT2D eigenvalue weighted by molar-refractivity contribution is 5.82. The minimum absolute atomic E-state index is 0.817. The number of nitrogens with one attached hydrogen (secondary N) is 2. The van der Waals surface area contributed by atoms with Crippen LogP contribution in [0.25, 0.3) is 10.9 Å². The summed E-state index contributed by atoms with van der Waals surface area (Å²) in [6.45, 7) is 5.72. The zero-order valence-electron chi connectivity index (χ0n) is 11.8. The fourth-order valence-corrected chi connectivity index (χ4v) is 2.43. The van der Waals surface area contributed by atoms with E-state index < -0.39 is 0 Å². The quantitative estimate of drug-likeness (QED) is 0.763. The van der Waals surface area contributed by atoms with Gasteiger partial charge in [-0.1, -0.05) is 18.2 Å². The molecule has 3 rings (SSSR count). The van der Waals surface area contributed by atoms with Gasteiger partial charge in [0.1, 0.15) is 0 Å². The molecule has 0 fully saturated rings. The molecule has 0 aliphatic heterocycles. The zero-order chi connectivity index (χ0) is 13.9. The number of pyridine rings is 1. The van der Waals surface area contributed by atoms with E-state index in [1.807, 2.05) is 26.1 Å². The van der Waals surface area contributed by atoms with Crippen molar-refractivity contribution in [2.45, 2.75) is 26.9 Å². The molecular weight excluding hydrogens is 248 g/mol. The van der Waals surface area contributed by atoms with Crippen LogP contribution < -0.4 is 5.32 Å². The Morgan fingerprint density at radius 1 is 1.10 bits per heavy atom. The van der Waals surface area contributed by atoms with E-state index in [1.165, 1.54) is 16.5 Å². The first-order valence-corrected chi connectivity index (χ1v) is 6.79. The molecule has 0 saturated carbocycles. The van der Waals surface area contributed by atoms with E-state index in [0.29, 0.717) is 0 Å². The molecule has 2 N–H and O–H groups in total. The minimum atomic E-state index is 0.817. The second-order valence-electron chi connectivity index (χ2n) is 5.06. The third kappa shape index (κ3) is 2.56. The number of para-hydroxylation sites is 1. The van der Waals surface area contributed by atoms with Crippen LogP contribution >= 0.6 is 0 Å². The van der Waals surface area contributed by atoms with Crippen LogP contribution in [0.4, 0.5) is 0 Å². The lowest BCUT2D eigenvalue weighted by Crippen LogP contribution is -2.13. The molecule has 2 heterocycles. The first-order chi connectivity index (χ1) is 9.74. The van der Waals surface area contributed by atoms with Gasteiger partial charge in [-0.2, -0.15) is 5.10 Å². The third-order valence-electron chi connectivity index (χ3n) is 3.50. The maximum Gasteiger partial charge on any atom is 0.0708 e. The summed E-state index contributed by atoms with van der Waals surface area (Å²) >= 11 is 0. The Hall–Kier alpha value is -2.20. The largest absolute Gasteiger partial charge is 0.308 e. The number of H-pyrrole nitrogens is 1. The third-order valence-corrected chi connectivity index (χ3v) is 3.50. The molecule has 2 aromatic heterocycles. The van der Waals surface area contributed by atoms with Gasteiger partial charge in [0.15, 0.2) is 0 Å². The normalized spacial score (nSPS) is 11.1. The van der Waals surface area contributed by atoms with E-state index >= 15 is 0 Å². The topological polar surface area (TPSA) is 53.6 Å². The van der Waals surface area contributed by atoms with E-state index in [1.54, 1.807) is 0 Å². The van der Waals surface area contributed by atoms with Crippen molar-refractivity contribution < 1.29 is 0 Å². The molecule has 3 aromatic rings. The van der Waals surface area contributed by atoms with Crippen molar-refractivity contribution in [2.24, 2.45) is 0 Å². The first kappa shape index (κ1) is 12.8. The van der Waals surface area contributed by atoms with Gasteiger partial charge in [0, 0.05) is 35.4 Å². The van der Waals surface area contributed by atoms with Crippen LogP contribution in [0.3, 0.4) is 0 Å².